The Balaban J connectivity index is 1.88. The normalized spacial score (nSPS) is 29.9. The zero-order valence-electron chi connectivity index (χ0n) is 23.0. The molecule has 4 aromatic rings. The van der Waals surface area contributed by atoms with Crippen molar-refractivity contribution < 1.29 is 49.8 Å². The Morgan fingerprint density at radius 1 is 0.364 bits per heavy atom. The smallest absolute Gasteiger partial charge is 0.200 e. The molecule has 5 rings (SSSR count). The number of carbonyl (C=O) groups excluding carboxylic acids is 4. The topological polar surface area (TPSA) is 190 Å². The van der Waals surface area contributed by atoms with Crippen LogP contribution in [-0.4, -0.2) is 88.4 Å². The van der Waals surface area contributed by atoms with Crippen molar-refractivity contribution in [3.8, 4) is 0 Å². The molecule has 10 heteroatoms. The van der Waals surface area contributed by atoms with Gasteiger partial charge in [-0.2, -0.15) is 0 Å². The number of hydrogen-bond acceptors (Lipinski definition) is 10. The summed E-state index contributed by atoms with van der Waals surface area (Å²) < 4.78 is 0. The summed E-state index contributed by atoms with van der Waals surface area (Å²) in [6.45, 7) is 0. The molecular weight excluding hydrogens is 568 g/mol. The molecule has 10 nitrogen and oxygen atoms in total. The van der Waals surface area contributed by atoms with Gasteiger partial charge >= 0.3 is 0 Å². The molecule has 6 N–H and O–H groups in total. The number of rotatable bonds is 8. The highest BCUT2D eigenvalue weighted by Gasteiger charge is 2.85. The van der Waals surface area contributed by atoms with Crippen molar-refractivity contribution in [2.45, 2.75) is 34.6 Å². The van der Waals surface area contributed by atoms with Gasteiger partial charge in [0.25, 0.3) is 0 Å². The molecule has 0 radical (unpaired) electrons. The van der Waals surface area contributed by atoms with E-state index >= 15 is 0 Å². The Labute approximate surface area is 251 Å². The fourth-order valence-corrected chi connectivity index (χ4v) is 5.87. The van der Waals surface area contributed by atoms with E-state index in [2.05, 4.69) is 0 Å². The molecular formula is C34H28O10. The predicted octanol–water partition coefficient (Wildman–Crippen LogP) is 1.18. The zero-order chi connectivity index (χ0) is 31.9. The lowest BCUT2D eigenvalue weighted by Gasteiger charge is -2.60. The van der Waals surface area contributed by atoms with Gasteiger partial charge in [0.1, 0.15) is 12.2 Å². The monoisotopic (exact) mass is 596 g/mol. The maximum Gasteiger partial charge on any atom is 0.200 e. The Hall–Kier alpha value is -4.68. The molecule has 1 saturated carbocycles. The molecule has 44 heavy (non-hydrogen) atoms. The summed E-state index contributed by atoms with van der Waals surface area (Å²) in [6.07, 6.45) is -6.57. The van der Waals surface area contributed by atoms with Gasteiger partial charge in [-0.15, -0.1) is 0 Å². The van der Waals surface area contributed by atoms with Gasteiger partial charge in [0, 0.05) is 22.3 Å². The summed E-state index contributed by atoms with van der Waals surface area (Å²) >= 11 is 0. The van der Waals surface area contributed by atoms with Crippen molar-refractivity contribution in [2.75, 3.05) is 0 Å². The highest BCUT2D eigenvalue weighted by atomic mass is 16.5. The molecule has 2 unspecified atom stereocenters. The Bertz CT molecular complexity index is 1460. The third-order valence-corrected chi connectivity index (χ3v) is 8.27. The number of ketones is 4. The van der Waals surface area contributed by atoms with E-state index in [9.17, 15) is 49.8 Å². The minimum absolute atomic E-state index is 0.408. The van der Waals surface area contributed by atoms with Gasteiger partial charge in [-0.05, 0) is 0 Å². The maximum atomic E-state index is 14.1. The molecule has 1 fully saturated rings. The molecule has 6 atom stereocenters. The van der Waals surface area contributed by atoms with E-state index in [1.54, 1.807) is 0 Å². The summed E-state index contributed by atoms with van der Waals surface area (Å²) in [5.74, 6) is -6.37. The Kier molecular flexibility index (Phi) is 7.77. The van der Waals surface area contributed by atoms with Gasteiger partial charge in [-0.25, -0.2) is 0 Å². The minimum atomic E-state index is -3.93. The largest absolute Gasteiger partial charge is 0.386 e. The van der Waals surface area contributed by atoms with Crippen LogP contribution in [0.2, 0.25) is 0 Å². The summed E-state index contributed by atoms with van der Waals surface area (Å²) in [4.78, 5) is 56.4. The van der Waals surface area contributed by atoms with E-state index in [4.69, 9.17) is 0 Å². The fraction of sp³-hybridized carbons (Fsp3) is 0.176. The first-order valence-corrected chi connectivity index (χ1v) is 13.5. The molecule has 0 amide bonds. The van der Waals surface area contributed by atoms with Gasteiger partial charge in [-0.3, -0.25) is 19.2 Å². The average molecular weight is 597 g/mol. The van der Waals surface area contributed by atoms with Gasteiger partial charge in [0.05, 0.1) is 0 Å². The number of Topliss-reactive ketones (excluding diaryl/α,β-unsaturated/α-hetero) is 4. The molecule has 4 aromatic carbocycles. The van der Waals surface area contributed by atoms with Crippen LogP contribution in [0.4, 0.5) is 0 Å². The fourth-order valence-electron chi connectivity index (χ4n) is 5.87. The molecule has 0 bridgehead atoms. The van der Waals surface area contributed by atoms with Crippen molar-refractivity contribution in [3.63, 3.8) is 0 Å². The van der Waals surface area contributed by atoms with Crippen LogP contribution in [0.15, 0.2) is 121 Å². The van der Waals surface area contributed by atoms with E-state index in [0.29, 0.717) is 0 Å². The van der Waals surface area contributed by atoms with Crippen LogP contribution in [0, 0.1) is 0 Å². The summed E-state index contributed by atoms with van der Waals surface area (Å²) in [6, 6.07) is 26.1. The molecule has 224 valence electrons. The highest BCUT2D eigenvalue weighted by molar-refractivity contribution is 6.19. The van der Waals surface area contributed by atoms with E-state index in [1.165, 1.54) is 72.8 Å². The summed E-state index contributed by atoms with van der Waals surface area (Å²) in [5.41, 5.74) is -17.3. The van der Waals surface area contributed by atoms with Crippen LogP contribution in [0.25, 0.3) is 0 Å². The van der Waals surface area contributed by atoms with Gasteiger partial charge in [0.2, 0.25) is 23.1 Å². The summed E-state index contributed by atoms with van der Waals surface area (Å²) in [5, 5.41) is 72.8. The first-order valence-electron chi connectivity index (χ1n) is 13.5. The van der Waals surface area contributed by atoms with Crippen LogP contribution in [0.5, 0.6) is 0 Å². The average Bonchev–Trinajstić information content (AvgIpc) is 3.09. The summed E-state index contributed by atoms with van der Waals surface area (Å²) in [7, 11) is 0. The minimum Gasteiger partial charge on any atom is -0.386 e. The lowest BCUT2D eigenvalue weighted by Crippen LogP contribution is -2.92. The first-order chi connectivity index (χ1) is 20.9. The van der Waals surface area contributed by atoms with Crippen molar-refractivity contribution in [1.82, 2.24) is 0 Å². The molecule has 1 aliphatic carbocycles. The molecule has 0 aliphatic heterocycles. The van der Waals surface area contributed by atoms with E-state index in [1.807, 2.05) is 0 Å². The Morgan fingerprint density at radius 2 is 0.523 bits per heavy atom. The third-order valence-electron chi connectivity index (χ3n) is 8.27. The second kappa shape index (κ2) is 11.1. The van der Waals surface area contributed by atoms with Crippen LogP contribution in [0.1, 0.15) is 41.4 Å². The third kappa shape index (κ3) is 4.12. The van der Waals surface area contributed by atoms with Crippen LogP contribution >= 0.6 is 0 Å². The number of hydrogen-bond donors (Lipinski definition) is 6. The number of aliphatic hydroxyl groups excluding tert-OH is 2. The van der Waals surface area contributed by atoms with Crippen molar-refractivity contribution in [1.29, 1.82) is 0 Å². The first kappa shape index (κ1) is 30.8. The maximum absolute atomic E-state index is 14.1. The van der Waals surface area contributed by atoms with Crippen molar-refractivity contribution in [2.24, 2.45) is 0 Å². The zero-order valence-corrected chi connectivity index (χ0v) is 23.0. The second-order valence-corrected chi connectivity index (χ2v) is 10.7. The standard InChI is InChI=1S/C34H28O10/c35-25(21-13-5-1-6-14-21)31(41)29(39)33(43,27(37)23-17-9-3-10-18-23)34(44,28(38)24-19-11-4-12-20-24)30(40)32(31,42)26(36)22-15-7-2-8-16-22/h1-20,29-30,39-44H/t29?,30?,31-,32-,33+,34+. The highest BCUT2D eigenvalue weighted by Crippen LogP contribution is 2.53. The van der Waals surface area contributed by atoms with Gasteiger partial charge in [0.15, 0.2) is 22.4 Å². The van der Waals surface area contributed by atoms with E-state index in [0.717, 1.165) is 48.5 Å². The number of carbonyl (C=O) groups is 4. The molecule has 0 aromatic heterocycles. The Morgan fingerprint density at radius 3 is 0.682 bits per heavy atom. The van der Waals surface area contributed by atoms with Crippen LogP contribution in [-0.2, 0) is 0 Å². The van der Waals surface area contributed by atoms with Gasteiger partial charge in [-0.1, -0.05) is 121 Å². The SMILES string of the molecule is O=C(c1ccccc1)[C@@]1(O)C(O)[C@@](O)(C(=O)c2ccccc2)[C@](O)(C(=O)c2ccccc2)C(O)[C@]1(O)C(=O)c1ccccc1. The van der Waals surface area contributed by atoms with Crippen LogP contribution < -0.4 is 0 Å². The number of benzene rings is 4. The quantitative estimate of drug-likeness (QED) is 0.161. The predicted molar refractivity (Wildman–Crippen MR) is 155 cm³/mol. The molecule has 1 aliphatic rings. The van der Waals surface area contributed by atoms with Crippen molar-refractivity contribution >= 4 is 23.1 Å². The molecule has 0 spiro atoms. The second-order valence-electron chi connectivity index (χ2n) is 10.7. The van der Waals surface area contributed by atoms with Crippen LogP contribution in [0.3, 0.4) is 0 Å². The molecule has 0 saturated heterocycles. The number of aliphatic hydroxyl groups is 6. The van der Waals surface area contributed by atoms with E-state index in [-0.39, 0.29) is 0 Å². The lowest BCUT2D eigenvalue weighted by molar-refractivity contribution is -0.313. The lowest BCUT2D eigenvalue weighted by atomic mass is 9.49. The van der Waals surface area contributed by atoms with Gasteiger partial charge < -0.3 is 30.6 Å². The van der Waals surface area contributed by atoms with Crippen molar-refractivity contribution in [3.05, 3.63) is 144 Å². The van der Waals surface area contributed by atoms with E-state index < -0.39 is 80.0 Å². The molecule has 0 heterocycles.